The van der Waals surface area contributed by atoms with E-state index in [-0.39, 0.29) is 22.0 Å². The summed E-state index contributed by atoms with van der Waals surface area (Å²) in [5.41, 5.74) is -0.403. The lowest BCUT2D eigenvalue weighted by Gasteiger charge is -2.37. The molecule has 0 unspecified atom stereocenters. The molecule has 0 spiro atoms. The first-order chi connectivity index (χ1) is 15.8. The van der Waals surface area contributed by atoms with Crippen molar-refractivity contribution < 1.29 is 23.8 Å². The van der Waals surface area contributed by atoms with Crippen molar-refractivity contribution in [1.29, 1.82) is 0 Å². The van der Waals surface area contributed by atoms with Crippen molar-refractivity contribution >= 4 is 35.1 Å². The molecule has 1 aliphatic heterocycles. The van der Waals surface area contributed by atoms with E-state index in [1.165, 1.54) is 7.11 Å². The number of halogens is 2. The molecule has 33 heavy (non-hydrogen) atoms. The van der Waals surface area contributed by atoms with E-state index in [4.69, 9.17) is 37.4 Å². The third-order valence-electron chi connectivity index (χ3n) is 6.10. The number of amides is 1. The molecule has 6 nitrogen and oxygen atoms in total. The van der Waals surface area contributed by atoms with Gasteiger partial charge >= 0.3 is 5.97 Å². The number of hydrogen-bond donors (Lipinski definition) is 1. The van der Waals surface area contributed by atoms with E-state index >= 15 is 0 Å². The molecule has 3 rings (SSSR count). The van der Waals surface area contributed by atoms with Crippen LogP contribution in [0.25, 0.3) is 0 Å². The lowest BCUT2D eigenvalue weighted by atomic mass is 9.82. The van der Waals surface area contributed by atoms with Gasteiger partial charge in [-0.1, -0.05) is 59.6 Å². The van der Waals surface area contributed by atoms with Crippen LogP contribution in [0.2, 0.25) is 10.0 Å². The van der Waals surface area contributed by atoms with Gasteiger partial charge in [0.25, 0.3) is 5.91 Å². The molecule has 1 saturated heterocycles. The van der Waals surface area contributed by atoms with Crippen LogP contribution in [0, 0.1) is 0 Å². The second kappa shape index (κ2) is 10.7. The van der Waals surface area contributed by atoms with Gasteiger partial charge in [-0.05, 0) is 23.3 Å². The Balaban J connectivity index is 2.04. The Bertz CT molecular complexity index is 998. The third kappa shape index (κ3) is 4.94. The standard InChI is InChI=1S/C25H27Cl2NO5/c1-4-12-25(23(30)31-2,28-22(29)21-19(26)6-5-7-20(21)27)18-10-8-17(9-11-18)24(32-3)13-15-33-16-14-24/h4-11H,1,12-16H2,2-3H3,(H,28,29)/t25-/m0/s1. The second-order valence-electron chi connectivity index (χ2n) is 7.83. The number of carbonyl (C=O) groups is 2. The maximum absolute atomic E-state index is 13.2. The third-order valence-corrected chi connectivity index (χ3v) is 6.73. The molecule has 176 valence electrons. The van der Waals surface area contributed by atoms with E-state index in [9.17, 15) is 9.59 Å². The Morgan fingerprint density at radius 3 is 2.24 bits per heavy atom. The minimum atomic E-state index is -1.52. The molecular formula is C25H27Cl2NO5. The summed E-state index contributed by atoms with van der Waals surface area (Å²) in [5.74, 6) is -1.24. The summed E-state index contributed by atoms with van der Waals surface area (Å²) in [4.78, 5) is 26.3. The fourth-order valence-electron chi connectivity index (χ4n) is 4.23. The molecule has 2 aromatic rings. The highest BCUT2D eigenvalue weighted by Crippen LogP contribution is 2.37. The van der Waals surface area contributed by atoms with Gasteiger partial charge in [-0.2, -0.15) is 0 Å². The molecule has 8 heteroatoms. The predicted molar refractivity (Wildman–Crippen MR) is 128 cm³/mol. The topological polar surface area (TPSA) is 73.9 Å². The zero-order valence-corrected chi connectivity index (χ0v) is 20.2. The molecule has 0 bridgehead atoms. The van der Waals surface area contributed by atoms with Gasteiger partial charge in [0.2, 0.25) is 0 Å². The monoisotopic (exact) mass is 491 g/mol. The highest BCUT2D eigenvalue weighted by Gasteiger charge is 2.43. The van der Waals surface area contributed by atoms with Crippen molar-refractivity contribution in [2.45, 2.75) is 30.4 Å². The first kappa shape index (κ1) is 25.2. The molecular weight excluding hydrogens is 465 g/mol. The zero-order chi connectivity index (χ0) is 24.1. The summed E-state index contributed by atoms with van der Waals surface area (Å²) in [7, 11) is 2.95. The number of rotatable bonds is 8. The van der Waals surface area contributed by atoms with E-state index in [1.807, 2.05) is 12.1 Å². The first-order valence-electron chi connectivity index (χ1n) is 10.5. The van der Waals surface area contributed by atoms with Crippen LogP contribution in [0.15, 0.2) is 55.1 Å². The van der Waals surface area contributed by atoms with Gasteiger partial charge in [-0.15, -0.1) is 6.58 Å². The Labute approximate surface area is 203 Å². The second-order valence-corrected chi connectivity index (χ2v) is 8.64. The van der Waals surface area contributed by atoms with Crippen LogP contribution >= 0.6 is 23.2 Å². The Morgan fingerprint density at radius 1 is 1.12 bits per heavy atom. The number of nitrogens with one attached hydrogen (secondary N) is 1. The van der Waals surface area contributed by atoms with E-state index < -0.39 is 23.0 Å². The van der Waals surface area contributed by atoms with Gasteiger partial charge in [-0.3, -0.25) is 4.79 Å². The van der Waals surface area contributed by atoms with Crippen LogP contribution < -0.4 is 5.32 Å². The fourth-order valence-corrected chi connectivity index (χ4v) is 4.79. The Kier molecular flexibility index (Phi) is 8.19. The molecule has 0 aromatic heterocycles. The minimum absolute atomic E-state index is 0.0790. The smallest absolute Gasteiger partial charge is 0.336 e. The van der Waals surface area contributed by atoms with Gasteiger partial charge in [0.15, 0.2) is 5.54 Å². The number of ether oxygens (including phenoxy) is 3. The van der Waals surface area contributed by atoms with E-state index in [0.717, 1.165) is 18.4 Å². The largest absolute Gasteiger partial charge is 0.467 e. The lowest BCUT2D eigenvalue weighted by Crippen LogP contribution is -2.52. The Morgan fingerprint density at radius 2 is 1.73 bits per heavy atom. The summed E-state index contributed by atoms with van der Waals surface area (Å²) < 4.78 is 16.5. The molecule has 2 aromatic carbocycles. The summed E-state index contributed by atoms with van der Waals surface area (Å²) in [6.07, 6.45) is 3.09. The number of methoxy groups -OCH3 is 2. The van der Waals surface area contributed by atoms with Crippen LogP contribution in [0.4, 0.5) is 0 Å². The fraction of sp³-hybridized carbons (Fsp3) is 0.360. The van der Waals surface area contributed by atoms with Gasteiger partial charge in [0, 0.05) is 39.6 Å². The van der Waals surface area contributed by atoms with Crippen molar-refractivity contribution in [3.05, 3.63) is 81.9 Å². The van der Waals surface area contributed by atoms with Crippen LogP contribution in [0.1, 0.15) is 40.7 Å². The average Bonchev–Trinajstić information content (AvgIpc) is 2.83. The normalized spacial score (nSPS) is 17.0. The summed E-state index contributed by atoms with van der Waals surface area (Å²) >= 11 is 12.4. The number of hydrogen-bond acceptors (Lipinski definition) is 5. The van der Waals surface area contributed by atoms with Crippen molar-refractivity contribution in [1.82, 2.24) is 5.32 Å². The maximum Gasteiger partial charge on any atom is 0.336 e. The SMILES string of the molecule is C=CC[C@@](NC(=O)c1c(Cl)cccc1Cl)(C(=O)OC)c1ccc(C2(OC)CCOCC2)cc1. The number of benzene rings is 2. The van der Waals surface area contributed by atoms with Crippen LogP contribution in [0.5, 0.6) is 0 Å². The maximum atomic E-state index is 13.2. The van der Waals surface area contributed by atoms with Crippen molar-refractivity contribution in [3.8, 4) is 0 Å². The summed E-state index contributed by atoms with van der Waals surface area (Å²) in [6, 6.07) is 12.1. The lowest BCUT2D eigenvalue weighted by molar-refractivity contribution is -0.148. The van der Waals surface area contributed by atoms with Gasteiger partial charge in [-0.25, -0.2) is 4.79 Å². The average molecular weight is 492 g/mol. The molecule has 0 aliphatic carbocycles. The quantitative estimate of drug-likeness (QED) is 0.414. The number of esters is 1. The molecule has 0 saturated carbocycles. The molecule has 1 N–H and O–H groups in total. The van der Waals surface area contributed by atoms with Crippen molar-refractivity contribution in [2.75, 3.05) is 27.4 Å². The van der Waals surface area contributed by atoms with Gasteiger partial charge in [0.1, 0.15) is 0 Å². The first-order valence-corrected chi connectivity index (χ1v) is 11.3. The molecule has 1 fully saturated rings. The van der Waals surface area contributed by atoms with E-state index in [1.54, 1.807) is 43.5 Å². The highest BCUT2D eigenvalue weighted by molar-refractivity contribution is 6.39. The zero-order valence-electron chi connectivity index (χ0n) is 18.7. The summed E-state index contributed by atoms with van der Waals surface area (Å²) in [6.45, 7) is 4.98. The Hall–Kier alpha value is -2.38. The predicted octanol–water partition coefficient (Wildman–Crippen LogP) is 5.02. The van der Waals surface area contributed by atoms with E-state index in [0.29, 0.717) is 18.8 Å². The van der Waals surface area contributed by atoms with Crippen molar-refractivity contribution in [3.63, 3.8) is 0 Å². The number of carbonyl (C=O) groups excluding carboxylic acids is 2. The van der Waals surface area contributed by atoms with Crippen molar-refractivity contribution in [2.24, 2.45) is 0 Å². The molecule has 1 atom stereocenters. The van der Waals surface area contributed by atoms with Crippen LogP contribution in [-0.2, 0) is 30.1 Å². The minimum Gasteiger partial charge on any atom is -0.467 e. The van der Waals surface area contributed by atoms with Gasteiger partial charge in [0.05, 0.1) is 28.3 Å². The van der Waals surface area contributed by atoms with E-state index in [2.05, 4.69) is 11.9 Å². The molecule has 0 radical (unpaired) electrons. The molecule has 1 aliphatic rings. The van der Waals surface area contributed by atoms with Crippen LogP contribution in [-0.4, -0.2) is 39.3 Å². The van der Waals surface area contributed by atoms with Gasteiger partial charge < -0.3 is 19.5 Å². The summed E-state index contributed by atoms with van der Waals surface area (Å²) in [5, 5.41) is 3.16. The molecule has 1 heterocycles. The molecule has 1 amide bonds. The highest BCUT2D eigenvalue weighted by atomic mass is 35.5. The van der Waals surface area contributed by atoms with Crippen LogP contribution in [0.3, 0.4) is 0 Å².